The minimum absolute atomic E-state index is 0.0348. The highest BCUT2D eigenvalue weighted by Gasteiger charge is 2.29. The van der Waals surface area contributed by atoms with Crippen LogP contribution in [-0.2, 0) is 4.79 Å². The second-order valence-corrected chi connectivity index (χ2v) is 6.66. The van der Waals surface area contributed by atoms with E-state index in [0.29, 0.717) is 16.2 Å². The summed E-state index contributed by atoms with van der Waals surface area (Å²) in [5.41, 5.74) is 0.555. The molecule has 0 spiro atoms. The molecule has 1 aromatic rings. The number of hydrogen-bond acceptors (Lipinski definition) is 5. The van der Waals surface area contributed by atoms with Crippen molar-refractivity contribution in [1.82, 2.24) is 4.90 Å². The number of quaternary nitrogens is 1. The summed E-state index contributed by atoms with van der Waals surface area (Å²) in [7, 11) is 3.67. The van der Waals surface area contributed by atoms with Crippen molar-refractivity contribution in [3.63, 3.8) is 0 Å². The number of carbonyl (C=O) groups is 1. The van der Waals surface area contributed by atoms with Crippen molar-refractivity contribution in [2.24, 2.45) is 4.99 Å². The van der Waals surface area contributed by atoms with Gasteiger partial charge in [0.15, 0.2) is 16.7 Å². The molecule has 2 aliphatic heterocycles. The maximum Gasteiger partial charge on any atom is 0.286 e. The maximum atomic E-state index is 12.1. The predicted molar refractivity (Wildman–Crippen MR) is 90.9 cm³/mol. The number of aliphatic imine (C=N–C) groups is 1. The maximum absolute atomic E-state index is 12.1. The van der Waals surface area contributed by atoms with Crippen LogP contribution in [0.3, 0.4) is 0 Å². The van der Waals surface area contributed by atoms with Crippen molar-refractivity contribution in [2.75, 3.05) is 40.3 Å². The topological polar surface area (TPSA) is 66.6 Å². The van der Waals surface area contributed by atoms with Gasteiger partial charge >= 0.3 is 0 Å². The zero-order valence-electron chi connectivity index (χ0n) is 13.2. The number of amides is 1. The summed E-state index contributed by atoms with van der Waals surface area (Å²) in [6, 6.07) is 5.20. The van der Waals surface area contributed by atoms with Gasteiger partial charge in [-0.05, 0) is 23.9 Å². The lowest BCUT2D eigenvalue weighted by molar-refractivity contribution is -0.883. The van der Waals surface area contributed by atoms with Crippen molar-refractivity contribution < 1.29 is 19.5 Å². The fraction of sp³-hybridized carbons (Fsp3) is 0.375. The van der Waals surface area contributed by atoms with E-state index in [9.17, 15) is 9.90 Å². The van der Waals surface area contributed by atoms with E-state index in [-0.39, 0.29) is 11.7 Å². The van der Waals surface area contributed by atoms with E-state index >= 15 is 0 Å². The summed E-state index contributed by atoms with van der Waals surface area (Å²) in [6.45, 7) is 3.90. The molecular weight excluding hydrogens is 314 g/mol. The molecule has 6 nitrogen and oxygen atoms in total. The average molecular weight is 334 g/mol. The number of rotatable bonds is 2. The molecule has 0 aliphatic carbocycles. The number of ether oxygens (including phenoxy) is 1. The van der Waals surface area contributed by atoms with E-state index in [0.717, 1.165) is 31.3 Å². The van der Waals surface area contributed by atoms with Crippen LogP contribution in [-0.4, -0.2) is 61.4 Å². The summed E-state index contributed by atoms with van der Waals surface area (Å²) >= 11 is 1.37. The third kappa shape index (κ3) is 3.35. The van der Waals surface area contributed by atoms with Gasteiger partial charge < -0.3 is 19.6 Å². The quantitative estimate of drug-likeness (QED) is 0.757. The molecule has 0 atom stereocenters. The molecule has 2 N–H and O–H groups in total. The lowest BCUT2D eigenvalue weighted by atomic mass is 10.1. The molecule has 1 fully saturated rings. The molecular formula is C16H20N3O3S+. The summed E-state index contributed by atoms with van der Waals surface area (Å²) in [5.74, 6) is 0.170. The Morgan fingerprint density at radius 3 is 2.83 bits per heavy atom. The number of hydrogen-bond donors (Lipinski definition) is 2. The smallest absolute Gasteiger partial charge is 0.286 e. The summed E-state index contributed by atoms with van der Waals surface area (Å²) in [6.07, 6.45) is 1.67. The minimum atomic E-state index is -0.251. The van der Waals surface area contributed by atoms with Crippen LogP contribution >= 0.6 is 11.8 Å². The predicted octanol–water partition coefficient (Wildman–Crippen LogP) is 0.201. The Hall–Kier alpha value is -1.99. The first-order valence-corrected chi connectivity index (χ1v) is 8.35. The van der Waals surface area contributed by atoms with E-state index < -0.39 is 0 Å². The van der Waals surface area contributed by atoms with Crippen LogP contribution in [0.5, 0.6) is 11.5 Å². The Kier molecular flexibility index (Phi) is 4.58. The number of aromatic hydroxyl groups is 1. The number of nitrogens with one attached hydrogen (secondary N) is 1. The van der Waals surface area contributed by atoms with E-state index in [1.165, 1.54) is 23.8 Å². The monoisotopic (exact) mass is 334 g/mol. The van der Waals surface area contributed by atoms with Crippen molar-refractivity contribution in [3.8, 4) is 11.5 Å². The highest BCUT2D eigenvalue weighted by molar-refractivity contribution is 8.18. The summed E-state index contributed by atoms with van der Waals surface area (Å²) < 4.78 is 5.09. The molecule has 23 heavy (non-hydrogen) atoms. The molecule has 7 heteroatoms. The van der Waals surface area contributed by atoms with Gasteiger partial charge in [-0.15, -0.1) is 0 Å². The summed E-state index contributed by atoms with van der Waals surface area (Å²) in [4.78, 5) is 20.5. The number of nitrogens with zero attached hydrogens (tertiary/aromatic N) is 2. The zero-order valence-corrected chi connectivity index (χ0v) is 14.0. The number of benzene rings is 1. The highest BCUT2D eigenvalue weighted by atomic mass is 32.2. The SMILES string of the molecule is COc1cccc(/C=C2\SC(N3CC[NH+](C)CC3)=NC2=O)c1O. The van der Waals surface area contributed by atoms with E-state index in [1.807, 2.05) is 0 Å². The van der Waals surface area contributed by atoms with Gasteiger partial charge in [0.2, 0.25) is 0 Å². The van der Waals surface area contributed by atoms with Crippen LogP contribution < -0.4 is 9.64 Å². The Labute approximate surface area is 139 Å². The van der Waals surface area contributed by atoms with E-state index in [1.54, 1.807) is 24.3 Å². The standard InChI is InChI=1S/C16H19N3O3S/c1-18-6-8-19(9-7-18)16-17-15(21)13(23-16)10-11-4-3-5-12(22-2)14(11)20/h3-5,10,20H,6-9H2,1-2H3/p+1/b13-10-. The highest BCUT2D eigenvalue weighted by Crippen LogP contribution is 2.35. The van der Waals surface area contributed by atoms with E-state index in [4.69, 9.17) is 4.74 Å². The molecule has 2 aliphatic rings. The Bertz CT molecular complexity index is 679. The van der Waals surface area contributed by atoms with Crippen molar-refractivity contribution in [1.29, 1.82) is 0 Å². The Balaban J connectivity index is 1.77. The van der Waals surface area contributed by atoms with Crippen molar-refractivity contribution in [2.45, 2.75) is 0 Å². The van der Waals surface area contributed by atoms with Gasteiger partial charge in [-0.25, -0.2) is 0 Å². The molecule has 1 amide bonds. The molecule has 3 rings (SSSR count). The third-order valence-electron chi connectivity index (χ3n) is 4.03. The molecule has 0 bridgehead atoms. The third-order valence-corrected chi connectivity index (χ3v) is 5.08. The molecule has 0 saturated carbocycles. The summed E-state index contributed by atoms with van der Waals surface area (Å²) in [5, 5.41) is 10.9. The van der Waals surface area contributed by atoms with Gasteiger partial charge in [-0.1, -0.05) is 12.1 Å². The number of methoxy groups -OCH3 is 1. The van der Waals surface area contributed by atoms with Crippen molar-refractivity contribution >= 4 is 28.9 Å². The zero-order chi connectivity index (χ0) is 16.4. The molecule has 0 aromatic heterocycles. The number of phenols is 1. The van der Waals surface area contributed by atoms with Crippen LogP contribution in [0.2, 0.25) is 0 Å². The fourth-order valence-corrected chi connectivity index (χ4v) is 3.53. The number of carbonyl (C=O) groups excluding carboxylic acids is 1. The molecule has 0 radical (unpaired) electrons. The number of likely N-dealkylation sites (N-methyl/N-ethyl adjacent to an activating group) is 1. The van der Waals surface area contributed by atoms with Gasteiger partial charge in [-0.2, -0.15) is 4.99 Å². The molecule has 2 heterocycles. The van der Waals surface area contributed by atoms with Gasteiger partial charge in [0.1, 0.15) is 0 Å². The van der Waals surface area contributed by atoms with E-state index in [2.05, 4.69) is 16.9 Å². The normalized spacial score (nSPS) is 21.0. The second-order valence-electron chi connectivity index (χ2n) is 5.65. The van der Waals surface area contributed by atoms with Crippen LogP contribution in [0.25, 0.3) is 6.08 Å². The van der Waals surface area contributed by atoms with Gasteiger partial charge in [0, 0.05) is 5.56 Å². The lowest BCUT2D eigenvalue weighted by Gasteiger charge is -2.30. The second kappa shape index (κ2) is 6.64. The van der Waals surface area contributed by atoms with Crippen LogP contribution in [0, 0.1) is 0 Å². The Morgan fingerprint density at radius 1 is 1.39 bits per heavy atom. The first kappa shape index (κ1) is 15.9. The Morgan fingerprint density at radius 2 is 2.13 bits per heavy atom. The largest absolute Gasteiger partial charge is 0.504 e. The van der Waals surface area contributed by atoms with Gasteiger partial charge in [0.05, 0.1) is 45.2 Å². The molecule has 0 unspecified atom stereocenters. The van der Waals surface area contributed by atoms with Crippen LogP contribution in [0.15, 0.2) is 28.1 Å². The number of amidine groups is 1. The molecule has 1 aromatic carbocycles. The van der Waals surface area contributed by atoms with Crippen LogP contribution in [0.1, 0.15) is 5.56 Å². The first-order chi connectivity index (χ1) is 11.1. The van der Waals surface area contributed by atoms with Crippen molar-refractivity contribution in [3.05, 3.63) is 28.7 Å². The number of thioether (sulfide) groups is 1. The number of phenolic OH excluding ortho intramolecular Hbond substituents is 1. The minimum Gasteiger partial charge on any atom is -0.504 e. The average Bonchev–Trinajstić information content (AvgIpc) is 2.91. The first-order valence-electron chi connectivity index (χ1n) is 7.53. The van der Waals surface area contributed by atoms with Gasteiger partial charge in [0.25, 0.3) is 5.91 Å². The van der Waals surface area contributed by atoms with Gasteiger partial charge in [-0.3, -0.25) is 4.79 Å². The molecule has 1 saturated heterocycles. The molecule has 122 valence electrons. The lowest BCUT2D eigenvalue weighted by Crippen LogP contribution is -3.12. The fourth-order valence-electron chi connectivity index (χ4n) is 2.57. The van der Waals surface area contributed by atoms with Crippen LogP contribution in [0.4, 0.5) is 0 Å². The number of piperazine rings is 1. The number of para-hydroxylation sites is 1.